The molecule has 1 aliphatic rings. The van der Waals surface area contributed by atoms with Gasteiger partial charge in [0.1, 0.15) is 11.6 Å². The normalized spacial score (nSPS) is 17.6. The molecule has 1 heterocycles. The Labute approximate surface area is 105 Å². The molecule has 0 bridgehead atoms. The number of rotatable bonds is 3. The number of anilines is 1. The van der Waals surface area contributed by atoms with Crippen molar-refractivity contribution in [2.24, 2.45) is 0 Å². The van der Waals surface area contributed by atoms with Crippen molar-refractivity contribution in [3.63, 3.8) is 0 Å². The first-order chi connectivity index (χ1) is 8.49. The number of benzene rings is 1. The second-order valence-electron chi connectivity index (χ2n) is 4.23. The standard InChI is InChI=1S/C11H15FN2O3S/c12-9-4-5-10(11(15)8-9)13-18(16,17)14-6-2-1-3-7-14/h4-5,8,13,15H,1-3,6-7H2. The minimum Gasteiger partial charge on any atom is -0.506 e. The summed E-state index contributed by atoms with van der Waals surface area (Å²) in [5.41, 5.74) is -0.0121. The first kappa shape index (κ1) is 13.1. The van der Waals surface area contributed by atoms with Crippen LogP contribution in [0.15, 0.2) is 18.2 Å². The number of aromatic hydroxyl groups is 1. The number of phenols is 1. The van der Waals surface area contributed by atoms with E-state index in [0.717, 1.165) is 31.4 Å². The molecule has 1 aliphatic heterocycles. The van der Waals surface area contributed by atoms with Crippen molar-refractivity contribution in [2.75, 3.05) is 17.8 Å². The number of halogens is 1. The van der Waals surface area contributed by atoms with E-state index in [1.54, 1.807) is 0 Å². The Morgan fingerprint density at radius 2 is 1.89 bits per heavy atom. The van der Waals surface area contributed by atoms with Crippen molar-refractivity contribution in [3.8, 4) is 5.75 Å². The predicted molar refractivity (Wildman–Crippen MR) is 66.0 cm³/mol. The van der Waals surface area contributed by atoms with Crippen LogP contribution >= 0.6 is 0 Å². The first-order valence-electron chi connectivity index (χ1n) is 5.75. The average molecular weight is 274 g/mol. The molecule has 0 amide bonds. The third-order valence-electron chi connectivity index (χ3n) is 2.85. The summed E-state index contributed by atoms with van der Waals surface area (Å²) in [7, 11) is -3.67. The second kappa shape index (κ2) is 5.11. The molecular weight excluding hydrogens is 259 g/mol. The molecule has 0 unspecified atom stereocenters. The third kappa shape index (κ3) is 2.91. The van der Waals surface area contributed by atoms with Crippen LogP contribution < -0.4 is 4.72 Å². The maximum Gasteiger partial charge on any atom is 0.301 e. The number of nitrogens with one attached hydrogen (secondary N) is 1. The van der Waals surface area contributed by atoms with Gasteiger partial charge in [-0.25, -0.2) is 4.39 Å². The summed E-state index contributed by atoms with van der Waals surface area (Å²) in [6.45, 7) is 0.939. The smallest absolute Gasteiger partial charge is 0.301 e. The maximum absolute atomic E-state index is 12.8. The fraction of sp³-hybridized carbons (Fsp3) is 0.455. The van der Waals surface area contributed by atoms with Gasteiger partial charge in [0.15, 0.2) is 0 Å². The van der Waals surface area contributed by atoms with Gasteiger partial charge in [0.05, 0.1) is 5.69 Å². The highest BCUT2D eigenvalue weighted by Gasteiger charge is 2.24. The van der Waals surface area contributed by atoms with E-state index in [1.807, 2.05) is 0 Å². The monoisotopic (exact) mass is 274 g/mol. The molecule has 100 valence electrons. The average Bonchev–Trinajstić information content (AvgIpc) is 2.34. The molecule has 1 fully saturated rings. The Kier molecular flexibility index (Phi) is 3.72. The van der Waals surface area contributed by atoms with Gasteiger partial charge in [-0.1, -0.05) is 6.42 Å². The van der Waals surface area contributed by atoms with E-state index in [-0.39, 0.29) is 5.69 Å². The van der Waals surface area contributed by atoms with E-state index in [0.29, 0.717) is 13.1 Å². The van der Waals surface area contributed by atoms with Crippen LogP contribution in [0.4, 0.5) is 10.1 Å². The van der Waals surface area contributed by atoms with E-state index < -0.39 is 21.8 Å². The number of nitrogens with zero attached hydrogens (tertiary/aromatic N) is 1. The van der Waals surface area contributed by atoms with Crippen molar-refractivity contribution >= 4 is 15.9 Å². The molecule has 2 N–H and O–H groups in total. The summed E-state index contributed by atoms with van der Waals surface area (Å²) in [5, 5.41) is 9.47. The van der Waals surface area contributed by atoms with Crippen LogP contribution in [-0.2, 0) is 10.2 Å². The lowest BCUT2D eigenvalue weighted by molar-refractivity contribution is 0.349. The molecule has 2 rings (SSSR count). The molecule has 1 saturated heterocycles. The lowest BCUT2D eigenvalue weighted by Crippen LogP contribution is -2.39. The molecule has 0 aromatic heterocycles. The Hall–Kier alpha value is -1.34. The summed E-state index contributed by atoms with van der Waals surface area (Å²) >= 11 is 0. The lowest BCUT2D eigenvalue weighted by atomic mass is 10.2. The van der Waals surface area contributed by atoms with Crippen LogP contribution in [0.25, 0.3) is 0 Å². The molecule has 18 heavy (non-hydrogen) atoms. The molecule has 0 atom stereocenters. The topological polar surface area (TPSA) is 69.6 Å². The van der Waals surface area contributed by atoms with Crippen LogP contribution in [0.5, 0.6) is 5.75 Å². The lowest BCUT2D eigenvalue weighted by Gasteiger charge is -2.26. The Morgan fingerprint density at radius 1 is 1.22 bits per heavy atom. The third-order valence-corrected chi connectivity index (χ3v) is 4.38. The quantitative estimate of drug-likeness (QED) is 0.824. The van der Waals surface area contributed by atoms with Gasteiger partial charge in [-0.05, 0) is 25.0 Å². The predicted octanol–water partition coefficient (Wildman–Crippen LogP) is 1.67. The van der Waals surface area contributed by atoms with Gasteiger partial charge < -0.3 is 5.11 Å². The SMILES string of the molecule is O=S(=O)(Nc1ccc(F)cc1O)N1CCCCC1. The zero-order valence-corrected chi connectivity index (χ0v) is 10.6. The summed E-state index contributed by atoms with van der Waals surface area (Å²) in [5.74, 6) is -1.04. The zero-order valence-electron chi connectivity index (χ0n) is 9.76. The van der Waals surface area contributed by atoms with Crippen molar-refractivity contribution in [1.82, 2.24) is 4.31 Å². The summed E-state index contributed by atoms with van der Waals surface area (Å²) < 4.78 is 40.4. The highest BCUT2D eigenvalue weighted by Crippen LogP contribution is 2.26. The van der Waals surface area contributed by atoms with Gasteiger partial charge in [-0.2, -0.15) is 12.7 Å². The van der Waals surface area contributed by atoms with Gasteiger partial charge in [-0.15, -0.1) is 0 Å². The maximum atomic E-state index is 12.8. The van der Waals surface area contributed by atoms with Gasteiger partial charge in [-0.3, -0.25) is 4.72 Å². The Morgan fingerprint density at radius 3 is 2.50 bits per heavy atom. The fourth-order valence-electron chi connectivity index (χ4n) is 1.90. The molecule has 1 aromatic rings. The molecule has 0 radical (unpaired) electrons. The van der Waals surface area contributed by atoms with E-state index in [4.69, 9.17) is 0 Å². The van der Waals surface area contributed by atoms with E-state index in [2.05, 4.69) is 4.72 Å². The van der Waals surface area contributed by atoms with E-state index >= 15 is 0 Å². The van der Waals surface area contributed by atoms with Crippen LogP contribution in [0.3, 0.4) is 0 Å². The zero-order chi connectivity index (χ0) is 13.2. The van der Waals surface area contributed by atoms with Crippen molar-refractivity contribution in [2.45, 2.75) is 19.3 Å². The molecule has 5 nitrogen and oxygen atoms in total. The molecule has 1 aromatic carbocycles. The Balaban J connectivity index is 2.16. The number of hydrogen-bond acceptors (Lipinski definition) is 3. The molecule has 0 saturated carbocycles. The van der Waals surface area contributed by atoms with Gasteiger partial charge in [0.25, 0.3) is 0 Å². The van der Waals surface area contributed by atoms with Gasteiger partial charge in [0.2, 0.25) is 0 Å². The van der Waals surface area contributed by atoms with Crippen molar-refractivity contribution in [1.29, 1.82) is 0 Å². The molecule has 0 aliphatic carbocycles. The fourth-order valence-corrected chi connectivity index (χ4v) is 3.22. The highest BCUT2D eigenvalue weighted by atomic mass is 32.2. The minimum atomic E-state index is -3.67. The van der Waals surface area contributed by atoms with Crippen LogP contribution in [-0.4, -0.2) is 30.9 Å². The van der Waals surface area contributed by atoms with E-state index in [9.17, 15) is 17.9 Å². The van der Waals surface area contributed by atoms with E-state index in [1.165, 1.54) is 10.4 Å². The molecule has 7 heteroatoms. The van der Waals surface area contributed by atoms with Crippen molar-refractivity contribution in [3.05, 3.63) is 24.0 Å². The van der Waals surface area contributed by atoms with Crippen LogP contribution in [0.1, 0.15) is 19.3 Å². The number of hydrogen-bond donors (Lipinski definition) is 2. The van der Waals surface area contributed by atoms with Crippen molar-refractivity contribution < 1.29 is 17.9 Å². The summed E-state index contributed by atoms with van der Waals surface area (Å²) in [4.78, 5) is 0. The largest absolute Gasteiger partial charge is 0.506 e. The molecule has 0 spiro atoms. The van der Waals surface area contributed by atoms with Crippen LogP contribution in [0, 0.1) is 5.82 Å². The number of phenolic OH excluding ortho intramolecular Hbond substituents is 1. The highest BCUT2D eigenvalue weighted by molar-refractivity contribution is 7.90. The van der Waals surface area contributed by atoms with Crippen LogP contribution in [0.2, 0.25) is 0 Å². The summed E-state index contributed by atoms with van der Waals surface area (Å²) in [6, 6.07) is 3.16. The molecular formula is C11H15FN2O3S. The second-order valence-corrected chi connectivity index (χ2v) is 5.90. The van der Waals surface area contributed by atoms with Gasteiger partial charge in [0, 0.05) is 19.2 Å². The number of piperidine rings is 1. The Bertz CT molecular complexity index is 527. The summed E-state index contributed by atoms with van der Waals surface area (Å²) in [6.07, 6.45) is 2.68. The van der Waals surface area contributed by atoms with Gasteiger partial charge >= 0.3 is 10.2 Å². The first-order valence-corrected chi connectivity index (χ1v) is 7.19. The minimum absolute atomic E-state index is 0.0121.